The topological polar surface area (TPSA) is 13.1 Å². The number of fused-ring (bicyclic) bond motifs is 10. The summed E-state index contributed by atoms with van der Waals surface area (Å²) in [6.07, 6.45) is 41.7. The Morgan fingerprint density at radius 2 is 1.42 bits per heavy atom. The van der Waals surface area contributed by atoms with Crippen molar-refractivity contribution in [2.75, 3.05) is 0 Å². The van der Waals surface area contributed by atoms with Crippen LogP contribution in [0.15, 0.2) is 172 Å². The van der Waals surface area contributed by atoms with Gasteiger partial charge in [0, 0.05) is 28.7 Å². The highest BCUT2D eigenvalue weighted by Crippen LogP contribution is 2.55. The van der Waals surface area contributed by atoms with E-state index in [-0.39, 0.29) is 0 Å². The van der Waals surface area contributed by atoms with Crippen LogP contribution in [-0.4, -0.2) is 0 Å². The molecule has 7 aliphatic carbocycles. The summed E-state index contributed by atoms with van der Waals surface area (Å²) in [5, 5.41) is 1.26. The third kappa shape index (κ3) is 5.34. The van der Waals surface area contributed by atoms with Gasteiger partial charge in [-0.1, -0.05) is 151 Å². The van der Waals surface area contributed by atoms with Crippen LogP contribution in [0.3, 0.4) is 0 Å². The molecule has 4 aromatic rings. The quantitative estimate of drug-likeness (QED) is 0.208. The van der Waals surface area contributed by atoms with Crippen molar-refractivity contribution in [3.8, 4) is 11.1 Å². The molecule has 7 aliphatic rings. The van der Waals surface area contributed by atoms with E-state index in [1.807, 2.05) is 0 Å². The maximum absolute atomic E-state index is 6.84. The molecule has 1 nitrogen and oxygen atoms in total. The number of benzene rings is 3. The number of allylic oxidation sites excluding steroid dienone is 16. The number of rotatable bonds is 4. The zero-order chi connectivity index (χ0) is 34.9. The minimum absolute atomic E-state index is 0.303. The molecular weight excluding hydrogens is 641 g/mol. The minimum Gasteiger partial charge on any atom is -0.456 e. The molecule has 0 amide bonds. The van der Waals surface area contributed by atoms with Gasteiger partial charge in [0.2, 0.25) is 0 Å². The molecular formula is C52H46O. The highest BCUT2D eigenvalue weighted by atomic mass is 16.3. The Morgan fingerprint density at radius 1 is 0.585 bits per heavy atom. The molecule has 0 radical (unpaired) electrons. The van der Waals surface area contributed by atoms with Gasteiger partial charge in [-0.2, -0.15) is 0 Å². The Bertz CT molecular complexity index is 2390. The van der Waals surface area contributed by atoms with Gasteiger partial charge in [0.05, 0.1) is 0 Å². The summed E-state index contributed by atoms with van der Waals surface area (Å²) in [7, 11) is 0. The van der Waals surface area contributed by atoms with Gasteiger partial charge in [0.1, 0.15) is 11.3 Å². The Morgan fingerprint density at radius 3 is 2.30 bits per heavy atom. The zero-order valence-electron chi connectivity index (χ0n) is 30.3. The average molecular weight is 687 g/mol. The van der Waals surface area contributed by atoms with E-state index < -0.39 is 0 Å². The first kappa shape index (κ1) is 31.4. The monoisotopic (exact) mass is 686 g/mol. The highest BCUT2D eigenvalue weighted by molar-refractivity contribution is 5.90. The highest BCUT2D eigenvalue weighted by Gasteiger charge is 2.42. The lowest BCUT2D eigenvalue weighted by atomic mass is 9.61. The standard InChI is InChI=1S/C52H46O/c1-3-11-33(12-4-1)37-21-26-48-50(31-37)53-51-32-49(44-17-9-10-18-47(44)52(48)51)41-29-39(34-13-5-2-6-14-34)28-40(30-41)36-20-23-43-38(27-36)22-25-45-42-16-8-7-15-35(42)19-24-46(43)45/h1,3-5,7-22,24-27,31-32,39-41,43-47H,2,6,23,28-30H2. The van der Waals surface area contributed by atoms with E-state index in [1.54, 1.807) is 22.3 Å². The van der Waals surface area contributed by atoms with Crippen molar-refractivity contribution in [2.24, 2.45) is 35.5 Å². The Kier molecular flexibility index (Phi) is 7.56. The summed E-state index contributed by atoms with van der Waals surface area (Å²) < 4.78 is 6.84. The Balaban J connectivity index is 0.951. The second-order valence-corrected chi connectivity index (χ2v) is 16.5. The lowest BCUT2D eigenvalue weighted by Crippen LogP contribution is -2.32. The van der Waals surface area contributed by atoms with Crippen molar-refractivity contribution in [2.45, 2.75) is 50.4 Å². The molecule has 1 aromatic heterocycles. The molecule has 1 saturated carbocycles. The number of furan rings is 1. The van der Waals surface area contributed by atoms with Crippen LogP contribution in [0.25, 0.3) is 34.2 Å². The fourth-order valence-electron chi connectivity index (χ4n) is 11.2. The molecule has 1 heteroatoms. The maximum atomic E-state index is 6.84. The summed E-state index contributed by atoms with van der Waals surface area (Å²) in [5.41, 5.74) is 14.0. The largest absolute Gasteiger partial charge is 0.456 e. The van der Waals surface area contributed by atoms with Gasteiger partial charge >= 0.3 is 0 Å². The first-order valence-electron chi connectivity index (χ1n) is 20.2. The smallest absolute Gasteiger partial charge is 0.135 e. The van der Waals surface area contributed by atoms with Crippen LogP contribution in [0, 0.1) is 35.5 Å². The van der Waals surface area contributed by atoms with Gasteiger partial charge in [-0.15, -0.1) is 0 Å². The van der Waals surface area contributed by atoms with Gasteiger partial charge in [-0.05, 0) is 119 Å². The molecule has 8 unspecified atom stereocenters. The first-order valence-corrected chi connectivity index (χ1v) is 20.2. The second kappa shape index (κ2) is 12.8. The fraction of sp³-hybridized carbons (Fsp3) is 0.269. The molecule has 1 fully saturated rings. The van der Waals surface area contributed by atoms with Crippen LogP contribution in [0.4, 0.5) is 0 Å². The summed E-state index contributed by atoms with van der Waals surface area (Å²) in [6, 6.07) is 26.5. The van der Waals surface area contributed by atoms with E-state index in [1.165, 1.54) is 65.3 Å². The van der Waals surface area contributed by atoms with Gasteiger partial charge in [0.25, 0.3) is 0 Å². The van der Waals surface area contributed by atoms with E-state index in [9.17, 15) is 0 Å². The molecule has 0 saturated heterocycles. The fourth-order valence-corrected chi connectivity index (χ4v) is 11.2. The van der Waals surface area contributed by atoms with Crippen LogP contribution in [0.5, 0.6) is 0 Å². The Hall–Kier alpha value is -5.14. The Labute approximate surface area is 313 Å². The summed E-state index contributed by atoms with van der Waals surface area (Å²) in [4.78, 5) is 0. The van der Waals surface area contributed by atoms with Gasteiger partial charge < -0.3 is 4.42 Å². The predicted molar refractivity (Wildman–Crippen MR) is 220 cm³/mol. The molecule has 53 heavy (non-hydrogen) atoms. The van der Waals surface area contributed by atoms with Crippen LogP contribution < -0.4 is 0 Å². The van der Waals surface area contributed by atoms with E-state index in [2.05, 4.69) is 158 Å². The predicted octanol–water partition coefficient (Wildman–Crippen LogP) is 13.5. The van der Waals surface area contributed by atoms with E-state index in [4.69, 9.17) is 4.42 Å². The first-order chi connectivity index (χ1) is 26.2. The summed E-state index contributed by atoms with van der Waals surface area (Å²) >= 11 is 0. The molecule has 3 aromatic carbocycles. The van der Waals surface area contributed by atoms with Crippen LogP contribution in [0.2, 0.25) is 0 Å². The third-order valence-electron chi connectivity index (χ3n) is 13.8. The van der Waals surface area contributed by atoms with Crippen molar-refractivity contribution in [3.05, 3.63) is 190 Å². The SMILES string of the molecule is C1=CC2C(C3CC(C4=CCCC=C4)CC(C4=CCC5C(=C4)C=CC4c6ccccc6C=CC54)C3)=Cc3oc4cc(-c5ccccc5)ccc4c3C2C=C1. The molecule has 11 rings (SSSR count). The molecule has 0 spiro atoms. The lowest BCUT2D eigenvalue weighted by molar-refractivity contribution is 0.259. The molecule has 260 valence electrons. The van der Waals surface area contributed by atoms with Gasteiger partial charge in [-0.3, -0.25) is 0 Å². The van der Waals surface area contributed by atoms with E-state index in [0.29, 0.717) is 47.3 Å². The molecule has 0 aliphatic heterocycles. The van der Waals surface area contributed by atoms with E-state index >= 15 is 0 Å². The lowest BCUT2D eigenvalue weighted by Gasteiger charge is -2.43. The average Bonchev–Trinajstić information content (AvgIpc) is 3.61. The zero-order valence-corrected chi connectivity index (χ0v) is 30.3. The molecule has 0 N–H and O–H groups in total. The van der Waals surface area contributed by atoms with Crippen LogP contribution in [-0.2, 0) is 0 Å². The van der Waals surface area contributed by atoms with Crippen molar-refractivity contribution >= 4 is 23.1 Å². The summed E-state index contributed by atoms with van der Waals surface area (Å²) in [5.74, 6) is 4.95. The number of hydrogen-bond acceptors (Lipinski definition) is 1. The van der Waals surface area contributed by atoms with Crippen LogP contribution in [0.1, 0.15) is 72.8 Å². The van der Waals surface area contributed by atoms with Gasteiger partial charge in [-0.25, -0.2) is 0 Å². The molecule has 1 heterocycles. The second-order valence-electron chi connectivity index (χ2n) is 16.5. The van der Waals surface area contributed by atoms with Crippen LogP contribution >= 0.6 is 0 Å². The normalized spacial score (nSPS) is 30.6. The van der Waals surface area contributed by atoms with Crippen molar-refractivity contribution < 1.29 is 4.42 Å². The van der Waals surface area contributed by atoms with Gasteiger partial charge in [0.15, 0.2) is 0 Å². The summed E-state index contributed by atoms with van der Waals surface area (Å²) in [6.45, 7) is 0. The molecule has 0 bridgehead atoms. The van der Waals surface area contributed by atoms with Crippen molar-refractivity contribution in [1.29, 1.82) is 0 Å². The van der Waals surface area contributed by atoms with Crippen molar-refractivity contribution in [3.63, 3.8) is 0 Å². The molecule has 8 atom stereocenters. The van der Waals surface area contributed by atoms with Crippen molar-refractivity contribution in [1.82, 2.24) is 0 Å². The maximum Gasteiger partial charge on any atom is 0.135 e. The third-order valence-corrected chi connectivity index (χ3v) is 13.8. The number of hydrogen-bond donors (Lipinski definition) is 0. The van der Waals surface area contributed by atoms with E-state index in [0.717, 1.165) is 17.8 Å². The minimum atomic E-state index is 0.303.